The van der Waals surface area contributed by atoms with Gasteiger partial charge in [0.25, 0.3) is 0 Å². The Morgan fingerprint density at radius 1 is 1.26 bits per heavy atom. The van der Waals surface area contributed by atoms with Crippen LogP contribution in [0.4, 0.5) is 4.39 Å². The largest absolute Gasteiger partial charge is 0.396 e. The maximum absolute atomic E-state index is 13.7. The fourth-order valence-corrected chi connectivity index (χ4v) is 2.60. The van der Waals surface area contributed by atoms with Crippen LogP contribution in [0.5, 0.6) is 0 Å². The number of hydrogen-bond acceptors (Lipinski definition) is 4. The van der Waals surface area contributed by atoms with Gasteiger partial charge in [0, 0.05) is 19.4 Å². The van der Waals surface area contributed by atoms with Crippen LogP contribution in [0.15, 0.2) is 29.4 Å². The van der Waals surface area contributed by atoms with Crippen molar-refractivity contribution in [3.63, 3.8) is 0 Å². The molecular weight excluding hydrogens is 265 g/mol. The molecule has 0 spiro atoms. The standard InChI is InChI=1S/C13H16FN3OS/c1-17-12(10-6-2-3-7-11(10)14)15-16-13(17)19-9-5-4-8-18/h2-3,6-7,18H,4-5,8-9H2,1H3. The molecule has 0 saturated carbocycles. The number of benzene rings is 1. The number of nitrogens with zero attached hydrogens (tertiary/aromatic N) is 3. The molecule has 6 heteroatoms. The first-order valence-corrected chi connectivity index (χ1v) is 7.10. The lowest BCUT2D eigenvalue weighted by atomic mass is 10.2. The van der Waals surface area contributed by atoms with Crippen molar-refractivity contribution in [2.75, 3.05) is 12.4 Å². The lowest BCUT2D eigenvalue weighted by Gasteiger charge is -2.04. The van der Waals surface area contributed by atoms with E-state index in [1.807, 2.05) is 7.05 Å². The number of thioether (sulfide) groups is 1. The quantitative estimate of drug-likeness (QED) is 0.653. The molecule has 1 heterocycles. The van der Waals surface area contributed by atoms with Crippen molar-refractivity contribution < 1.29 is 9.50 Å². The van der Waals surface area contributed by atoms with Gasteiger partial charge in [-0.1, -0.05) is 23.9 Å². The summed E-state index contributed by atoms with van der Waals surface area (Å²) in [6, 6.07) is 6.54. The highest BCUT2D eigenvalue weighted by molar-refractivity contribution is 7.99. The SMILES string of the molecule is Cn1c(SCCCCO)nnc1-c1ccccc1F. The fourth-order valence-electron chi connectivity index (χ4n) is 1.70. The third-order valence-corrected chi connectivity index (χ3v) is 3.84. The molecule has 1 N–H and O–H groups in total. The Morgan fingerprint density at radius 2 is 2.05 bits per heavy atom. The van der Waals surface area contributed by atoms with Crippen LogP contribution in [0, 0.1) is 5.82 Å². The van der Waals surface area contributed by atoms with E-state index < -0.39 is 0 Å². The molecule has 1 aromatic heterocycles. The highest BCUT2D eigenvalue weighted by Gasteiger charge is 2.13. The van der Waals surface area contributed by atoms with E-state index >= 15 is 0 Å². The molecule has 0 aliphatic rings. The molecule has 0 fully saturated rings. The Kier molecular flexibility index (Phi) is 4.93. The number of aliphatic hydroxyl groups excluding tert-OH is 1. The minimum absolute atomic E-state index is 0.208. The number of hydrogen-bond donors (Lipinski definition) is 1. The van der Waals surface area contributed by atoms with Crippen molar-refractivity contribution in [2.24, 2.45) is 7.05 Å². The minimum Gasteiger partial charge on any atom is -0.396 e. The fraction of sp³-hybridized carbons (Fsp3) is 0.385. The van der Waals surface area contributed by atoms with Gasteiger partial charge in [-0.15, -0.1) is 10.2 Å². The highest BCUT2D eigenvalue weighted by atomic mass is 32.2. The van der Waals surface area contributed by atoms with Crippen molar-refractivity contribution in [1.82, 2.24) is 14.8 Å². The third-order valence-electron chi connectivity index (χ3n) is 2.73. The zero-order valence-electron chi connectivity index (χ0n) is 10.7. The van der Waals surface area contributed by atoms with Crippen molar-refractivity contribution >= 4 is 11.8 Å². The second-order valence-corrected chi connectivity index (χ2v) is 5.19. The molecule has 19 heavy (non-hydrogen) atoms. The molecule has 0 atom stereocenters. The predicted octanol–water partition coefficient (Wildman–Crippen LogP) is 2.49. The first-order chi connectivity index (χ1) is 9.24. The Morgan fingerprint density at radius 3 is 2.79 bits per heavy atom. The van der Waals surface area contributed by atoms with Gasteiger partial charge in [-0.2, -0.15) is 0 Å². The average molecular weight is 281 g/mol. The van der Waals surface area contributed by atoms with Crippen LogP contribution in [-0.4, -0.2) is 32.2 Å². The Hall–Kier alpha value is -1.40. The van der Waals surface area contributed by atoms with Crippen LogP contribution >= 0.6 is 11.8 Å². The van der Waals surface area contributed by atoms with Crippen LogP contribution in [-0.2, 0) is 7.05 Å². The van der Waals surface area contributed by atoms with Crippen LogP contribution in [0.25, 0.3) is 11.4 Å². The maximum Gasteiger partial charge on any atom is 0.191 e. The lowest BCUT2D eigenvalue weighted by molar-refractivity contribution is 0.287. The first kappa shape index (κ1) is 14.0. The Balaban J connectivity index is 2.12. The summed E-state index contributed by atoms with van der Waals surface area (Å²) in [4.78, 5) is 0. The van der Waals surface area contributed by atoms with E-state index in [-0.39, 0.29) is 12.4 Å². The molecule has 0 aliphatic heterocycles. The normalized spacial score (nSPS) is 10.9. The van der Waals surface area contributed by atoms with Gasteiger partial charge in [0.15, 0.2) is 11.0 Å². The van der Waals surface area contributed by atoms with Gasteiger partial charge >= 0.3 is 0 Å². The number of unbranched alkanes of at least 4 members (excludes halogenated alkanes) is 1. The van der Waals surface area contributed by atoms with Gasteiger partial charge in [-0.25, -0.2) is 4.39 Å². The van der Waals surface area contributed by atoms with Crippen LogP contribution in [0.1, 0.15) is 12.8 Å². The van der Waals surface area contributed by atoms with Gasteiger partial charge in [-0.3, -0.25) is 0 Å². The molecule has 0 bridgehead atoms. The summed E-state index contributed by atoms with van der Waals surface area (Å²) in [5.41, 5.74) is 0.458. The predicted molar refractivity (Wildman–Crippen MR) is 73.4 cm³/mol. The van der Waals surface area contributed by atoms with Gasteiger partial charge in [0.05, 0.1) is 5.56 Å². The van der Waals surface area contributed by atoms with Crippen LogP contribution in [0.3, 0.4) is 0 Å². The van der Waals surface area contributed by atoms with E-state index in [9.17, 15) is 4.39 Å². The third kappa shape index (κ3) is 3.33. The van der Waals surface area contributed by atoms with E-state index in [0.29, 0.717) is 11.4 Å². The summed E-state index contributed by atoms with van der Waals surface area (Å²) in [6.45, 7) is 0.208. The molecule has 0 unspecified atom stereocenters. The van der Waals surface area contributed by atoms with Crippen molar-refractivity contribution in [3.8, 4) is 11.4 Å². The van der Waals surface area contributed by atoms with E-state index in [1.165, 1.54) is 6.07 Å². The molecule has 2 rings (SSSR count). The smallest absolute Gasteiger partial charge is 0.191 e. The van der Waals surface area contributed by atoms with E-state index in [0.717, 1.165) is 23.8 Å². The molecular formula is C13H16FN3OS. The summed E-state index contributed by atoms with van der Waals surface area (Å²) >= 11 is 1.56. The number of aromatic nitrogens is 3. The Labute approximate surface area is 115 Å². The molecule has 0 radical (unpaired) electrons. The van der Waals surface area contributed by atoms with Crippen LogP contribution < -0.4 is 0 Å². The summed E-state index contributed by atoms with van der Waals surface area (Å²) in [7, 11) is 1.83. The first-order valence-electron chi connectivity index (χ1n) is 6.12. The Bertz CT molecular complexity index is 544. The topological polar surface area (TPSA) is 50.9 Å². The van der Waals surface area contributed by atoms with Gasteiger partial charge in [0.1, 0.15) is 5.82 Å². The molecule has 102 valence electrons. The summed E-state index contributed by atoms with van der Waals surface area (Å²) in [6.07, 6.45) is 1.70. The summed E-state index contributed by atoms with van der Waals surface area (Å²) in [5, 5.41) is 17.6. The molecule has 0 amide bonds. The summed E-state index contributed by atoms with van der Waals surface area (Å²) in [5.74, 6) is 1.10. The van der Waals surface area contributed by atoms with E-state index in [4.69, 9.17) is 5.11 Å². The highest BCUT2D eigenvalue weighted by Crippen LogP contribution is 2.24. The van der Waals surface area contributed by atoms with Gasteiger partial charge < -0.3 is 9.67 Å². The van der Waals surface area contributed by atoms with Crippen molar-refractivity contribution in [2.45, 2.75) is 18.0 Å². The van der Waals surface area contributed by atoms with Gasteiger partial charge in [-0.05, 0) is 25.0 Å². The average Bonchev–Trinajstić information content (AvgIpc) is 2.77. The summed E-state index contributed by atoms with van der Waals surface area (Å²) < 4.78 is 15.5. The number of aliphatic hydroxyl groups is 1. The zero-order chi connectivity index (χ0) is 13.7. The lowest BCUT2D eigenvalue weighted by Crippen LogP contribution is -1.97. The second-order valence-electron chi connectivity index (χ2n) is 4.12. The van der Waals surface area contributed by atoms with E-state index in [2.05, 4.69) is 10.2 Å². The number of halogens is 1. The molecule has 4 nitrogen and oxygen atoms in total. The molecule has 2 aromatic rings. The molecule has 0 saturated heterocycles. The van der Waals surface area contributed by atoms with E-state index in [1.54, 1.807) is 34.5 Å². The molecule has 1 aromatic carbocycles. The zero-order valence-corrected chi connectivity index (χ0v) is 11.5. The number of rotatable bonds is 6. The van der Waals surface area contributed by atoms with Gasteiger partial charge in [0.2, 0.25) is 0 Å². The van der Waals surface area contributed by atoms with Crippen LogP contribution in [0.2, 0.25) is 0 Å². The van der Waals surface area contributed by atoms with Crippen molar-refractivity contribution in [3.05, 3.63) is 30.1 Å². The second kappa shape index (κ2) is 6.68. The minimum atomic E-state index is -0.296. The maximum atomic E-state index is 13.7. The van der Waals surface area contributed by atoms with Crippen molar-refractivity contribution in [1.29, 1.82) is 0 Å². The molecule has 0 aliphatic carbocycles. The monoisotopic (exact) mass is 281 g/mol.